The molecular formula is C15H31NO. The van der Waals surface area contributed by atoms with Crippen molar-refractivity contribution in [2.75, 3.05) is 6.54 Å². The van der Waals surface area contributed by atoms with Crippen molar-refractivity contribution in [1.82, 2.24) is 5.32 Å². The van der Waals surface area contributed by atoms with Gasteiger partial charge in [-0.15, -0.1) is 0 Å². The number of rotatable bonds is 8. The summed E-state index contributed by atoms with van der Waals surface area (Å²) in [5.41, 5.74) is 0. The molecule has 0 radical (unpaired) electrons. The van der Waals surface area contributed by atoms with Crippen LogP contribution in [0.3, 0.4) is 0 Å². The Bertz CT molecular complexity index is 172. The largest absolute Gasteiger partial charge is 0.392 e. The second-order valence-electron chi connectivity index (χ2n) is 5.53. The maximum Gasteiger partial charge on any atom is 0.0693 e. The molecule has 0 aromatic carbocycles. The number of nitrogens with one attached hydrogen (secondary N) is 1. The molecule has 0 aromatic rings. The molecule has 0 bridgehead atoms. The van der Waals surface area contributed by atoms with Crippen LogP contribution in [0.4, 0.5) is 0 Å². The first kappa shape index (κ1) is 15.0. The van der Waals surface area contributed by atoms with Gasteiger partial charge in [0.2, 0.25) is 0 Å². The summed E-state index contributed by atoms with van der Waals surface area (Å²) >= 11 is 0. The molecule has 0 aliphatic heterocycles. The number of aliphatic hydroxyl groups is 1. The second-order valence-corrected chi connectivity index (χ2v) is 5.53. The zero-order valence-electron chi connectivity index (χ0n) is 11.6. The van der Waals surface area contributed by atoms with Crippen LogP contribution in [0.5, 0.6) is 0 Å². The molecule has 102 valence electrons. The maximum absolute atomic E-state index is 9.96. The zero-order valence-corrected chi connectivity index (χ0v) is 11.6. The zero-order chi connectivity index (χ0) is 12.3. The lowest BCUT2D eigenvalue weighted by atomic mass is 10.1. The van der Waals surface area contributed by atoms with Gasteiger partial charge in [-0.2, -0.15) is 0 Å². The minimum Gasteiger partial charge on any atom is -0.392 e. The standard InChI is InChI=1S/C15H31NO/c1-2-3-4-5-6-10-13-16-14-11-8-7-9-12-15(14)17/h14-17H,2-13H2,1H3/t14-,15-/m1/s1. The predicted octanol–water partition coefficient (Wildman–Crippen LogP) is 3.63. The Balaban J connectivity index is 1.97. The van der Waals surface area contributed by atoms with E-state index < -0.39 is 0 Å². The van der Waals surface area contributed by atoms with Crippen molar-refractivity contribution in [3.63, 3.8) is 0 Å². The van der Waals surface area contributed by atoms with Gasteiger partial charge in [0.05, 0.1) is 6.10 Å². The Morgan fingerprint density at radius 1 is 0.941 bits per heavy atom. The van der Waals surface area contributed by atoms with E-state index in [0.29, 0.717) is 6.04 Å². The van der Waals surface area contributed by atoms with Crippen LogP contribution in [0.15, 0.2) is 0 Å². The summed E-state index contributed by atoms with van der Waals surface area (Å²) in [5, 5.41) is 13.5. The van der Waals surface area contributed by atoms with Gasteiger partial charge in [-0.1, -0.05) is 58.3 Å². The van der Waals surface area contributed by atoms with Crippen LogP contribution >= 0.6 is 0 Å². The summed E-state index contributed by atoms with van der Waals surface area (Å²) in [7, 11) is 0. The minimum absolute atomic E-state index is 0.0995. The highest BCUT2D eigenvalue weighted by atomic mass is 16.3. The van der Waals surface area contributed by atoms with Gasteiger partial charge in [-0.3, -0.25) is 0 Å². The van der Waals surface area contributed by atoms with Gasteiger partial charge in [0, 0.05) is 6.04 Å². The molecule has 2 heteroatoms. The fourth-order valence-corrected chi connectivity index (χ4v) is 2.72. The molecule has 0 spiro atoms. The third kappa shape index (κ3) is 7.05. The van der Waals surface area contributed by atoms with Crippen molar-refractivity contribution >= 4 is 0 Å². The summed E-state index contributed by atoms with van der Waals surface area (Å²) < 4.78 is 0. The predicted molar refractivity (Wildman–Crippen MR) is 74.3 cm³/mol. The van der Waals surface area contributed by atoms with E-state index in [4.69, 9.17) is 0 Å². The van der Waals surface area contributed by atoms with E-state index in [1.807, 2.05) is 0 Å². The summed E-state index contributed by atoms with van der Waals surface area (Å²) in [6.45, 7) is 3.35. The normalized spacial score (nSPS) is 25.8. The molecule has 1 rings (SSSR count). The lowest BCUT2D eigenvalue weighted by molar-refractivity contribution is 0.120. The van der Waals surface area contributed by atoms with E-state index in [0.717, 1.165) is 19.4 Å². The van der Waals surface area contributed by atoms with Gasteiger partial charge in [0.25, 0.3) is 0 Å². The number of unbranched alkanes of at least 4 members (excludes halogenated alkanes) is 5. The molecule has 0 unspecified atom stereocenters. The van der Waals surface area contributed by atoms with Crippen LogP contribution in [0, 0.1) is 0 Å². The van der Waals surface area contributed by atoms with Gasteiger partial charge >= 0.3 is 0 Å². The maximum atomic E-state index is 9.96. The molecule has 0 aromatic heterocycles. The molecule has 0 heterocycles. The first-order chi connectivity index (χ1) is 8.34. The molecule has 2 atom stereocenters. The molecular weight excluding hydrogens is 210 g/mol. The van der Waals surface area contributed by atoms with Gasteiger partial charge in [0.1, 0.15) is 0 Å². The van der Waals surface area contributed by atoms with Gasteiger partial charge in [-0.05, 0) is 25.8 Å². The fourth-order valence-electron chi connectivity index (χ4n) is 2.72. The van der Waals surface area contributed by atoms with Crippen LogP contribution in [-0.2, 0) is 0 Å². The summed E-state index contributed by atoms with van der Waals surface area (Å²) in [4.78, 5) is 0. The Hall–Kier alpha value is -0.0800. The van der Waals surface area contributed by atoms with Gasteiger partial charge in [-0.25, -0.2) is 0 Å². The Morgan fingerprint density at radius 2 is 1.65 bits per heavy atom. The lowest BCUT2D eigenvalue weighted by Gasteiger charge is -2.21. The smallest absolute Gasteiger partial charge is 0.0693 e. The average molecular weight is 241 g/mol. The quantitative estimate of drug-likeness (QED) is 0.502. The Labute approximate surface area is 107 Å². The van der Waals surface area contributed by atoms with Crippen molar-refractivity contribution in [3.8, 4) is 0 Å². The minimum atomic E-state index is -0.0995. The monoisotopic (exact) mass is 241 g/mol. The molecule has 0 amide bonds. The van der Waals surface area contributed by atoms with Gasteiger partial charge in [0.15, 0.2) is 0 Å². The first-order valence-corrected chi connectivity index (χ1v) is 7.76. The van der Waals surface area contributed by atoms with E-state index in [2.05, 4.69) is 12.2 Å². The van der Waals surface area contributed by atoms with Crippen molar-refractivity contribution in [1.29, 1.82) is 0 Å². The van der Waals surface area contributed by atoms with E-state index in [9.17, 15) is 5.11 Å². The molecule has 1 aliphatic rings. The molecule has 1 saturated carbocycles. The van der Waals surface area contributed by atoms with Crippen molar-refractivity contribution < 1.29 is 5.11 Å². The van der Waals surface area contributed by atoms with Crippen LogP contribution in [-0.4, -0.2) is 23.8 Å². The number of aliphatic hydroxyl groups excluding tert-OH is 1. The molecule has 17 heavy (non-hydrogen) atoms. The van der Waals surface area contributed by atoms with Crippen LogP contribution in [0.1, 0.15) is 77.6 Å². The molecule has 2 N–H and O–H groups in total. The van der Waals surface area contributed by atoms with Crippen LogP contribution in [0.2, 0.25) is 0 Å². The number of hydrogen-bond acceptors (Lipinski definition) is 2. The van der Waals surface area contributed by atoms with E-state index in [1.165, 1.54) is 57.8 Å². The summed E-state index contributed by atoms with van der Waals surface area (Å²) in [5.74, 6) is 0. The highest BCUT2D eigenvalue weighted by Gasteiger charge is 2.20. The summed E-state index contributed by atoms with van der Waals surface area (Å²) in [6.07, 6.45) is 13.9. The van der Waals surface area contributed by atoms with E-state index >= 15 is 0 Å². The first-order valence-electron chi connectivity index (χ1n) is 7.76. The third-order valence-corrected chi connectivity index (χ3v) is 3.92. The number of hydrogen-bond donors (Lipinski definition) is 2. The molecule has 0 saturated heterocycles. The molecule has 1 fully saturated rings. The second kappa shape index (κ2) is 9.90. The van der Waals surface area contributed by atoms with Crippen molar-refractivity contribution in [3.05, 3.63) is 0 Å². The molecule has 2 nitrogen and oxygen atoms in total. The van der Waals surface area contributed by atoms with Gasteiger partial charge < -0.3 is 10.4 Å². The van der Waals surface area contributed by atoms with Crippen LogP contribution < -0.4 is 5.32 Å². The Kier molecular flexibility index (Phi) is 8.72. The third-order valence-electron chi connectivity index (χ3n) is 3.92. The highest BCUT2D eigenvalue weighted by molar-refractivity contribution is 4.78. The molecule has 1 aliphatic carbocycles. The van der Waals surface area contributed by atoms with Crippen molar-refractivity contribution in [2.45, 2.75) is 89.7 Å². The SMILES string of the molecule is CCCCCCCCN[C@@H]1CCCCC[C@H]1O. The average Bonchev–Trinajstić information content (AvgIpc) is 2.53. The fraction of sp³-hybridized carbons (Fsp3) is 1.00. The van der Waals surface area contributed by atoms with Crippen LogP contribution in [0.25, 0.3) is 0 Å². The van der Waals surface area contributed by atoms with E-state index in [1.54, 1.807) is 0 Å². The lowest BCUT2D eigenvalue weighted by Crippen LogP contribution is -2.39. The Morgan fingerprint density at radius 3 is 2.47 bits per heavy atom. The topological polar surface area (TPSA) is 32.3 Å². The van der Waals surface area contributed by atoms with Crippen molar-refractivity contribution in [2.24, 2.45) is 0 Å². The summed E-state index contributed by atoms with van der Waals surface area (Å²) in [6, 6.07) is 0.369. The highest BCUT2D eigenvalue weighted by Crippen LogP contribution is 2.18. The van der Waals surface area contributed by atoms with E-state index in [-0.39, 0.29) is 6.10 Å².